The number of imidazole rings is 1. The van der Waals surface area contributed by atoms with Crippen LogP contribution in [0, 0.1) is 13.8 Å². The maximum atomic E-state index is 13.2. The first kappa shape index (κ1) is 40.1. The summed E-state index contributed by atoms with van der Waals surface area (Å²) in [5.41, 5.74) is 6.33. The van der Waals surface area contributed by atoms with E-state index in [4.69, 9.17) is 14.5 Å². The fraction of sp³-hybridized carbons (Fsp3) is 0.170. The first-order chi connectivity index (χ1) is 28.3. The van der Waals surface area contributed by atoms with E-state index in [9.17, 15) is 22.8 Å². The van der Waals surface area contributed by atoms with Crippen molar-refractivity contribution in [2.75, 3.05) is 16.0 Å². The summed E-state index contributed by atoms with van der Waals surface area (Å²) < 4.78 is 53.0. The lowest BCUT2D eigenvalue weighted by Gasteiger charge is -2.18. The van der Waals surface area contributed by atoms with Crippen molar-refractivity contribution >= 4 is 39.9 Å². The summed E-state index contributed by atoms with van der Waals surface area (Å²) in [6.07, 6.45) is -3.71. The summed E-state index contributed by atoms with van der Waals surface area (Å²) in [5.74, 6) is 2.59. The number of hydrogen-bond donors (Lipinski definition) is 3. The first-order valence-corrected chi connectivity index (χ1v) is 19.0. The highest BCUT2D eigenvalue weighted by atomic mass is 19.4. The van der Waals surface area contributed by atoms with E-state index in [1.54, 1.807) is 12.1 Å². The van der Waals surface area contributed by atoms with Gasteiger partial charge in [0.15, 0.2) is 5.78 Å². The highest BCUT2D eigenvalue weighted by molar-refractivity contribution is 6.12. The van der Waals surface area contributed by atoms with Gasteiger partial charge in [-0.1, -0.05) is 54.6 Å². The maximum Gasteiger partial charge on any atom is 0.416 e. The molecule has 0 saturated heterocycles. The molecule has 0 aliphatic rings. The normalized spacial score (nSPS) is 11.8. The lowest BCUT2D eigenvalue weighted by molar-refractivity contribution is -0.137. The van der Waals surface area contributed by atoms with Gasteiger partial charge in [-0.3, -0.25) is 4.79 Å². The molecular formula is C47H42F3N5O4. The number of aryl methyl sites for hydroxylation is 3. The Morgan fingerprint density at radius 2 is 1.42 bits per heavy atom. The second-order valence-corrected chi connectivity index (χ2v) is 14.3. The molecule has 3 N–H and O–H groups in total. The zero-order valence-electron chi connectivity index (χ0n) is 32.9. The SMILES string of the molecule is Cc1cc(Oc2ccc3nc(COc4ccc(CC(C)Nc5ccccc5C(=O)c5ccccc5)cc4)n(C)c3c2)cc(C)c1NC(=O)Nc1ccc(C(F)(F)F)cc1. The van der Waals surface area contributed by atoms with Gasteiger partial charge in [0, 0.05) is 47.3 Å². The van der Waals surface area contributed by atoms with Crippen molar-refractivity contribution in [1.82, 2.24) is 9.55 Å². The summed E-state index contributed by atoms with van der Waals surface area (Å²) >= 11 is 0. The van der Waals surface area contributed by atoms with Gasteiger partial charge in [-0.05, 0) is 117 Å². The molecular weight excluding hydrogens is 756 g/mol. The number of carbonyl (C=O) groups excluding carboxylic acids is 2. The van der Waals surface area contributed by atoms with Gasteiger partial charge in [-0.2, -0.15) is 13.2 Å². The van der Waals surface area contributed by atoms with Gasteiger partial charge in [0.1, 0.15) is 29.7 Å². The van der Waals surface area contributed by atoms with E-state index in [1.165, 1.54) is 12.1 Å². The van der Waals surface area contributed by atoms with Gasteiger partial charge in [0.05, 0.1) is 16.6 Å². The summed E-state index contributed by atoms with van der Waals surface area (Å²) in [6, 6.07) is 37.8. The van der Waals surface area contributed by atoms with E-state index >= 15 is 0 Å². The smallest absolute Gasteiger partial charge is 0.416 e. The molecule has 0 radical (unpaired) electrons. The molecule has 1 heterocycles. The molecule has 9 nitrogen and oxygen atoms in total. The summed E-state index contributed by atoms with van der Waals surface area (Å²) in [6.45, 7) is 6.00. The fourth-order valence-corrected chi connectivity index (χ4v) is 6.84. The Hall–Kier alpha value is -7.08. The third-order valence-corrected chi connectivity index (χ3v) is 9.84. The Kier molecular flexibility index (Phi) is 11.7. The number of benzene rings is 6. The lowest BCUT2D eigenvalue weighted by atomic mass is 10.0. The number of nitrogens with one attached hydrogen (secondary N) is 3. The molecule has 12 heteroatoms. The van der Waals surface area contributed by atoms with Gasteiger partial charge < -0.3 is 30.0 Å². The summed E-state index contributed by atoms with van der Waals surface area (Å²) in [7, 11) is 1.92. The molecule has 0 saturated carbocycles. The predicted octanol–water partition coefficient (Wildman–Crippen LogP) is 11.5. The molecule has 0 bridgehead atoms. The van der Waals surface area contributed by atoms with Crippen LogP contribution in [0.25, 0.3) is 11.0 Å². The van der Waals surface area contributed by atoms with E-state index in [-0.39, 0.29) is 24.1 Å². The number of halogens is 3. The van der Waals surface area contributed by atoms with Crippen LogP contribution in [0.3, 0.4) is 0 Å². The van der Waals surface area contributed by atoms with Gasteiger partial charge in [0.25, 0.3) is 0 Å². The van der Waals surface area contributed by atoms with Crippen molar-refractivity contribution in [3.8, 4) is 17.2 Å². The minimum Gasteiger partial charge on any atom is -0.486 e. The molecule has 2 amide bonds. The largest absolute Gasteiger partial charge is 0.486 e. The van der Waals surface area contributed by atoms with Crippen LogP contribution in [0.15, 0.2) is 133 Å². The molecule has 0 fully saturated rings. The van der Waals surface area contributed by atoms with Crippen LogP contribution in [0.1, 0.15) is 50.9 Å². The minimum atomic E-state index is -4.46. The lowest BCUT2D eigenvalue weighted by Crippen LogP contribution is -2.20. The Morgan fingerprint density at radius 1 is 0.763 bits per heavy atom. The zero-order valence-corrected chi connectivity index (χ0v) is 32.9. The van der Waals surface area contributed by atoms with E-state index in [1.807, 2.05) is 123 Å². The van der Waals surface area contributed by atoms with Crippen molar-refractivity contribution in [2.45, 2.75) is 46.0 Å². The van der Waals surface area contributed by atoms with Crippen LogP contribution in [-0.4, -0.2) is 27.4 Å². The Bertz CT molecular complexity index is 2580. The van der Waals surface area contributed by atoms with Crippen molar-refractivity contribution in [3.05, 3.63) is 173 Å². The maximum absolute atomic E-state index is 13.2. The molecule has 0 aliphatic carbocycles. The zero-order chi connectivity index (χ0) is 41.7. The number of rotatable bonds is 13. The predicted molar refractivity (Wildman–Crippen MR) is 225 cm³/mol. The van der Waals surface area contributed by atoms with Crippen molar-refractivity contribution < 1.29 is 32.2 Å². The second-order valence-electron chi connectivity index (χ2n) is 14.3. The van der Waals surface area contributed by atoms with E-state index in [2.05, 4.69) is 22.9 Å². The number of alkyl halides is 3. The highest BCUT2D eigenvalue weighted by Crippen LogP contribution is 2.33. The molecule has 1 aromatic heterocycles. The van der Waals surface area contributed by atoms with Crippen LogP contribution in [0.4, 0.5) is 35.0 Å². The molecule has 59 heavy (non-hydrogen) atoms. The summed E-state index contributed by atoms with van der Waals surface area (Å²) in [4.78, 5) is 30.6. The average molecular weight is 798 g/mol. The number of fused-ring (bicyclic) bond motifs is 1. The number of hydrogen-bond acceptors (Lipinski definition) is 6. The quantitative estimate of drug-likeness (QED) is 0.100. The van der Waals surface area contributed by atoms with Crippen molar-refractivity contribution in [1.29, 1.82) is 0 Å². The van der Waals surface area contributed by atoms with Crippen LogP contribution >= 0.6 is 0 Å². The number of ether oxygens (including phenoxy) is 2. The van der Waals surface area contributed by atoms with E-state index in [0.29, 0.717) is 34.1 Å². The minimum absolute atomic E-state index is 0.0188. The Morgan fingerprint density at radius 3 is 2.12 bits per heavy atom. The standard InChI is InChI=1S/C47H42F3N5O4/c1-29-24-38(25-30(2)44(29)54-46(57)52-35-18-16-34(17-19-35)47(48,49)50)59-37-22-23-41-42(27-37)55(4)43(53-41)28-58-36-20-14-32(15-21-36)26-31(3)51-40-13-9-8-12-39(40)45(56)33-10-6-5-7-11-33/h5-25,27,31,51H,26,28H2,1-4H3,(H2,52,54,57). The number of urea groups is 1. The number of para-hydroxylation sites is 1. The number of amides is 2. The van der Waals surface area contributed by atoms with Gasteiger partial charge in [-0.25, -0.2) is 9.78 Å². The average Bonchev–Trinajstić information content (AvgIpc) is 3.53. The summed E-state index contributed by atoms with van der Waals surface area (Å²) in [5, 5.41) is 8.87. The Balaban J connectivity index is 0.934. The van der Waals surface area contributed by atoms with E-state index < -0.39 is 17.8 Å². The van der Waals surface area contributed by atoms with E-state index in [0.717, 1.165) is 57.8 Å². The molecule has 0 spiro atoms. The number of ketones is 1. The van der Waals surface area contributed by atoms with Gasteiger partial charge in [0.2, 0.25) is 0 Å². The van der Waals surface area contributed by atoms with Crippen LogP contribution in [0.5, 0.6) is 17.2 Å². The van der Waals surface area contributed by atoms with Gasteiger partial charge in [-0.15, -0.1) is 0 Å². The molecule has 6 aromatic carbocycles. The first-order valence-electron chi connectivity index (χ1n) is 19.0. The molecule has 1 unspecified atom stereocenters. The van der Waals surface area contributed by atoms with Crippen molar-refractivity contribution in [2.24, 2.45) is 7.05 Å². The topological polar surface area (TPSA) is 107 Å². The molecule has 0 aliphatic heterocycles. The van der Waals surface area contributed by atoms with Gasteiger partial charge >= 0.3 is 12.2 Å². The van der Waals surface area contributed by atoms with Crippen LogP contribution < -0.4 is 25.4 Å². The second kappa shape index (κ2) is 17.2. The monoisotopic (exact) mass is 797 g/mol. The molecule has 300 valence electrons. The van der Waals surface area contributed by atoms with Crippen LogP contribution in [0.2, 0.25) is 0 Å². The number of anilines is 3. The Labute approximate surface area is 339 Å². The highest BCUT2D eigenvalue weighted by Gasteiger charge is 2.30. The molecule has 7 aromatic rings. The molecule has 7 rings (SSSR count). The third kappa shape index (κ3) is 9.73. The van der Waals surface area contributed by atoms with Crippen molar-refractivity contribution in [3.63, 3.8) is 0 Å². The molecule has 1 atom stereocenters. The number of aromatic nitrogens is 2. The third-order valence-electron chi connectivity index (χ3n) is 9.84. The number of nitrogens with zero attached hydrogens (tertiary/aromatic N) is 2. The van der Waals surface area contributed by atoms with Crippen LogP contribution in [-0.2, 0) is 26.3 Å². The number of carbonyl (C=O) groups is 2. The fourth-order valence-electron chi connectivity index (χ4n) is 6.84.